The van der Waals surface area contributed by atoms with Gasteiger partial charge in [0.2, 0.25) is 0 Å². The molecule has 1 N–H and O–H groups in total. The van der Waals surface area contributed by atoms with Gasteiger partial charge in [-0.1, -0.05) is 26.0 Å². The van der Waals surface area contributed by atoms with Crippen molar-refractivity contribution >= 4 is 0 Å². The van der Waals surface area contributed by atoms with E-state index in [1.165, 1.54) is 0 Å². The Morgan fingerprint density at radius 1 is 1.38 bits per heavy atom. The van der Waals surface area contributed by atoms with Crippen LogP contribution >= 0.6 is 0 Å². The molecule has 0 spiro atoms. The Hall–Kier alpha value is -0.980. The van der Waals surface area contributed by atoms with E-state index >= 15 is 0 Å². The van der Waals surface area contributed by atoms with Crippen LogP contribution in [0.5, 0.6) is 0 Å². The molecular weight excluding hydrogens is 266 g/mol. The zero-order chi connectivity index (χ0) is 15.5. The average molecular weight is 297 g/mol. The second kappa shape index (κ2) is 10.7. The van der Waals surface area contributed by atoms with Gasteiger partial charge < -0.3 is 10.1 Å². The molecule has 0 atom stereocenters. The van der Waals surface area contributed by atoms with Gasteiger partial charge in [-0.15, -0.1) is 5.10 Å². The summed E-state index contributed by atoms with van der Waals surface area (Å²) in [4.78, 5) is 2.42. The number of hydrogen-bond acceptors (Lipinski definition) is 5. The maximum atomic E-state index is 5.18. The smallest absolute Gasteiger partial charge is 0.0964 e. The normalized spacial score (nSPS) is 11.7. The van der Waals surface area contributed by atoms with Gasteiger partial charge in [-0.05, 0) is 18.9 Å². The zero-order valence-corrected chi connectivity index (χ0v) is 14.0. The molecular formula is C15H31N5O. The van der Waals surface area contributed by atoms with Crippen molar-refractivity contribution in [2.75, 3.05) is 39.9 Å². The van der Waals surface area contributed by atoms with Crippen molar-refractivity contribution in [3.8, 4) is 0 Å². The van der Waals surface area contributed by atoms with Crippen molar-refractivity contribution in [2.24, 2.45) is 5.92 Å². The van der Waals surface area contributed by atoms with Crippen LogP contribution in [0, 0.1) is 5.92 Å². The minimum Gasteiger partial charge on any atom is -0.383 e. The highest BCUT2D eigenvalue weighted by Gasteiger charge is 2.08. The van der Waals surface area contributed by atoms with E-state index in [0.717, 1.165) is 58.0 Å². The minimum atomic E-state index is 0.659. The molecule has 0 unspecified atom stereocenters. The van der Waals surface area contributed by atoms with Crippen molar-refractivity contribution < 1.29 is 4.74 Å². The van der Waals surface area contributed by atoms with Gasteiger partial charge in [-0.3, -0.25) is 9.58 Å². The summed E-state index contributed by atoms with van der Waals surface area (Å²) >= 11 is 0. The summed E-state index contributed by atoms with van der Waals surface area (Å²) in [7, 11) is 1.75. The Bertz CT molecular complexity index is 367. The van der Waals surface area contributed by atoms with E-state index in [1.54, 1.807) is 7.11 Å². The van der Waals surface area contributed by atoms with Crippen LogP contribution in [0.2, 0.25) is 0 Å². The van der Waals surface area contributed by atoms with E-state index in [4.69, 9.17) is 4.74 Å². The Labute approximate surface area is 128 Å². The SMILES string of the molecule is CCCNCc1cn(CCN(CCOC)CC(C)C)nn1. The van der Waals surface area contributed by atoms with Gasteiger partial charge in [0.15, 0.2) is 0 Å². The molecule has 0 saturated carbocycles. The first-order valence-electron chi connectivity index (χ1n) is 7.96. The van der Waals surface area contributed by atoms with Crippen LogP contribution in [0.3, 0.4) is 0 Å². The molecule has 0 fully saturated rings. The third-order valence-electron chi connectivity index (χ3n) is 3.20. The fraction of sp³-hybridized carbons (Fsp3) is 0.867. The van der Waals surface area contributed by atoms with E-state index in [1.807, 2.05) is 10.9 Å². The highest BCUT2D eigenvalue weighted by Crippen LogP contribution is 2.00. The highest BCUT2D eigenvalue weighted by atomic mass is 16.5. The molecule has 1 aromatic heterocycles. The topological polar surface area (TPSA) is 55.2 Å². The lowest BCUT2D eigenvalue weighted by atomic mass is 10.2. The predicted molar refractivity (Wildman–Crippen MR) is 85.2 cm³/mol. The lowest BCUT2D eigenvalue weighted by Gasteiger charge is -2.23. The molecule has 0 radical (unpaired) electrons. The van der Waals surface area contributed by atoms with Gasteiger partial charge in [0.1, 0.15) is 0 Å². The Morgan fingerprint density at radius 3 is 2.86 bits per heavy atom. The summed E-state index contributed by atoms with van der Waals surface area (Å²) in [5.41, 5.74) is 1.01. The first-order chi connectivity index (χ1) is 10.2. The molecule has 0 bridgehead atoms. The molecule has 6 nitrogen and oxygen atoms in total. The molecule has 0 aromatic carbocycles. The monoisotopic (exact) mass is 297 g/mol. The Kier molecular flexibility index (Phi) is 9.21. The maximum Gasteiger partial charge on any atom is 0.0964 e. The summed E-state index contributed by atoms with van der Waals surface area (Å²) in [5, 5.41) is 11.7. The molecule has 0 amide bonds. The van der Waals surface area contributed by atoms with Crippen molar-refractivity contribution in [2.45, 2.75) is 40.3 Å². The highest BCUT2D eigenvalue weighted by molar-refractivity contribution is 4.91. The van der Waals surface area contributed by atoms with Crippen LogP contribution in [-0.2, 0) is 17.8 Å². The second-order valence-electron chi connectivity index (χ2n) is 5.84. The number of ether oxygens (including phenoxy) is 1. The molecule has 122 valence electrons. The third-order valence-corrected chi connectivity index (χ3v) is 3.20. The molecule has 6 heteroatoms. The largest absolute Gasteiger partial charge is 0.383 e. The fourth-order valence-electron chi connectivity index (χ4n) is 2.20. The minimum absolute atomic E-state index is 0.659. The van der Waals surface area contributed by atoms with Crippen molar-refractivity contribution in [1.82, 2.24) is 25.2 Å². The zero-order valence-electron chi connectivity index (χ0n) is 14.0. The molecule has 1 heterocycles. The molecule has 21 heavy (non-hydrogen) atoms. The Balaban J connectivity index is 2.36. The van der Waals surface area contributed by atoms with E-state index in [2.05, 4.69) is 41.3 Å². The quantitative estimate of drug-likeness (QED) is 0.591. The van der Waals surface area contributed by atoms with Crippen LogP contribution in [0.1, 0.15) is 32.9 Å². The summed E-state index contributed by atoms with van der Waals surface area (Å²) in [6.07, 6.45) is 3.17. The number of methoxy groups -OCH3 is 1. The lowest BCUT2D eigenvalue weighted by Crippen LogP contribution is -2.34. The summed E-state index contributed by atoms with van der Waals surface area (Å²) in [6.45, 7) is 13.1. The van der Waals surface area contributed by atoms with Crippen molar-refractivity contribution in [3.63, 3.8) is 0 Å². The first-order valence-corrected chi connectivity index (χ1v) is 7.96. The summed E-state index contributed by atoms with van der Waals surface area (Å²) in [5.74, 6) is 0.659. The number of aromatic nitrogens is 3. The van der Waals surface area contributed by atoms with E-state index in [0.29, 0.717) is 5.92 Å². The van der Waals surface area contributed by atoms with Gasteiger partial charge in [-0.25, -0.2) is 0 Å². The van der Waals surface area contributed by atoms with Gasteiger partial charge in [0, 0.05) is 39.5 Å². The molecule has 1 aromatic rings. The van der Waals surface area contributed by atoms with E-state index in [-0.39, 0.29) is 0 Å². The van der Waals surface area contributed by atoms with Gasteiger partial charge in [-0.2, -0.15) is 0 Å². The average Bonchev–Trinajstić information content (AvgIpc) is 2.89. The van der Waals surface area contributed by atoms with Crippen LogP contribution in [0.25, 0.3) is 0 Å². The van der Waals surface area contributed by atoms with E-state index in [9.17, 15) is 0 Å². The van der Waals surface area contributed by atoms with Crippen molar-refractivity contribution in [3.05, 3.63) is 11.9 Å². The van der Waals surface area contributed by atoms with Crippen LogP contribution < -0.4 is 5.32 Å². The van der Waals surface area contributed by atoms with Crippen LogP contribution in [-0.4, -0.2) is 59.8 Å². The standard InChI is InChI=1S/C15H31N5O/c1-5-6-16-11-15-13-20(18-17-15)8-7-19(9-10-21-4)12-14(2)3/h13-14,16H,5-12H2,1-4H3. The maximum absolute atomic E-state index is 5.18. The lowest BCUT2D eigenvalue weighted by molar-refractivity contribution is 0.136. The third kappa shape index (κ3) is 8.14. The van der Waals surface area contributed by atoms with Crippen LogP contribution in [0.4, 0.5) is 0 Å². The molecule has 0 saturated heterocycles. The number of rotatable bonds is 12. The number of hydrogen-bond donors (Lipinski definition) is 1. The van der Waals surface area contributed by atoms with Gasteiger partial charge in [0.25, 0.3) is 0 Å². The van der Waals surface area contributed by atoms with Gasteiger partial charge in [0.05, 0.1) is 18.8 Å². The number of nitrogens with one attached hydrogen (secondary N) is 1. The van der Waals surface area contributed by atoms with Gasteiger partial charge >= 0.3 is 0 Å². The molecule has 0 aliphatic rings. The molecule has 0 aliphatic carbocycles. The van der Waals surface area contributed by atoms with E-state index < -0.39 is 0 Å². The summed E-state index contributed by atoms with van der Waals surface area (Å²) < 4.78 is 7.11. The van der Waals surface area contributed by atoms with Crippen LogP contribution in [0.15, 0.2) is 6.20 Å². The number of nitrogens with zero attached hydrogens (tertiary/aromatic N) is 4. The molecule has 1 rings (SSSR count). The second-order valence-corrected chi connectivity index (χ2v) is 5.84. The Morgan fingerprint density at radius 2 is 2.19 bits per heavy atom. The summed E-state index contributed by atoms with van der Waals surface area (Å²) in [6, 6.07) is 0. The molecule has 0 aliphatic heterocycles. The first kappa shape index (κ1) is 18.1. The fourth-order valence-corrected chi connectivity index (χ4v) is 2.20. The predicted octanol–water partition coefficient (Wildman–Crippen LogP) is 1.38. The van der Waals surface area contributed by atoms with Crippen molar-refractivity contribution in [1.29, 1.82) is 0 Å².